The maximum absolute atomic E-state index is 13.2. The number of aromatic hydroxyl groups is 1. The Morgan fingerprint density at radius 2 is 2.03 bits per heavy atom. The van der Waals surface area contributed by atoms with Gasteiger partial charge < -0.3 is 15.2 Å². The zero-order valence-electron chi connectivity index (χ0n) is 17.1. The van der Waals surface area contributed by atoms with Crippen molar-refractivity contribution in [2.45, 2.75) is 64.0 Å². The van der Waals surface area contributed by atoms with Gasteiger partial charge in [0.2, 0.25) is 5.88 Å². The Morgan fingerprint density at radius 3 is 2.73 bits per heavy atom. The van der Waals surface area contributed by atoms with Crippen LogP contribution in [0.15, 0.2) is 17.1 Å². The normalized spacial score (nSPS) is 20.3. The molecule has 2 saturated carbocycles. The predicted octanol–water partition coefficient (Wildman–Crippen LogP) is 2.48. The number of amides is 1. The Hall–Kier alpha value is -2.61. The molecule has 8 nitrogen and oxygen atoms in total. The number of hydrogen-bond acceptors (Lipinski definition) is 5. The quantitative estimate of drug-likeness (QED) is 0.786. The van der Waals surface area contributed by atoms with Gasteiger partial charge in [0.15, 0.2) is 5.56 Å². The summed E-state index contributed by atoms with van der Waals surface area (Å²) in [6.07, 6.45) is 12.0. The van der Waals surface area contributed by atoms with Crippen LogP contribution in [0.5, 0.6) is 5.88 Å². The van der Waals surface area contributed by atoms with Crippen LogP contribution in [0.25, 0.3) is 11.2 Å². The third kappa shape index (κ3) is 3.53. The smallest absolute Gasteiger partial charge is 0.291 e. The third-order valence-corrected chi connectivity index (χ3v) is 6.50. The molecule has 8 heteroatoms. The van der Waals surface area contributed by atoms with Crippen molar-refractivity contribution in [3.05, 3.63) is 33.8 Å². The highest BCUT2D eigenvalue weighted by molar-refractivity contribution is 5.97. The van der Waals surface area contributed by atoms with Gasteiger partial charge in [-0.2, -0.15) is 9.61 Å². The van der Waals surface area contributed by atoms with E-state index in [2.05, 4.69) is 10.4 Å². The van der Waals surface area contributed by atoms with E-state index in [1.807, 2.05) is 6.08 Å². The molecule has 30 heavy (non-hydrogen) atoms. The molecule has 2 aromatic heterocycles. The van der Waals surface area contributed by atoms with Gasteiger partial charge in [0, 0.05) is 18.2 Å². The van der Waals surface area contributed by atoms with E-state index in [1.165, 1.54) is 23.8 Å². The average molecular weight is 412 g/mol. The Balaban J connectivity index is 1.66. The molecule has 1 aliphatic heterocycles. The van der Waals surface area contributed by atoms with Gasteiger partial charge >= 0.3 is 0 Å². The molecule has 160 valence electrons. The van der Waals surface area contributed by atoms with Gasteiger partial charge in [-0.15, -0.1) is 0 Å². The minimum atomic E-state index is -0.570. The van der Waals surface area contributed by atoms with E-state index < -0.39 is 11.5 Å². The summed E-state index contributed by atoms with van der Waals surface area (Å²) in [5.74, 6) is -0.353. The van der Waals surface area contributed by atoms with E-state index in [1.54, 1.807) is 10.8 Å². The summed E-state index contributed by atoms with van der Waals surface area (Å²) >= 11 is 0. The van der Waals surface area contributed by atoms with Crippen LogP contribution in [0.2, 0.25) is 0 Å². The van der Waals surface area contributed by atoms with Crippen molar-refractivity contribution in [2.24, 2.45) is 5.92 Å². The Labute approximate surface area is 174 Å². The first-order valence-electron chi connectivity index (χ1n) is 11.0. The summed E-state index contributed by atoms with van der Waals surface area (Å²) < 4.78 is 8.46. The first-order valence-corrected chi connectivity index (χ1v) is 11.0. The van der Waals surface area contributed by atoms with E-state index in [9.17, 15) is 14.7 Å². The lowest BCUT2D eigenvalue weighted by atomic mass is 9.89. The van der Waals surface area contributed by atoms with Crippen LogP contribution in [0.4, 0.5) is 0 Å². The molecule has 0 bridgehead atoms. The Kier molecular flexibility index (Phi) is 5.10. The van der Waals surface area contributed by atoms with Gasteiger partial charge in [0.1, 0.15) is 5.65 Å². The lowest BCUT2D eigenvalue weighted by molar-refractivity contribution is 0.0944. The number of rotatable bonds is 5. The zero-order valence-corrected chi connectivity index (χ0v) is 17.1. The topological polar surface area (TPSA) is 97.9 Å². The SMILES string of the molecule is O=C(NC1CC1)c1c(O)n(CC2CCCCC2)c2c(C3=CCOCC3)cnn2c1=O. The van der Waals surface area contributed by atoms with Crippen LogP contribution in [-0.2, 0) is 11.3 Å². The average Bonchev–Trinajstić information content (AvgIpc) is 3.46. The highest BCUT2D eigenvalue weighted by Gasteiger charge is 2.31. The van der Waals surface area contributed by atoms with Crippen LogP contribution in [0, 0.1) is 5.92 Å². The molecule has 0 radical (unpaired) electrons. The molecule has 0 atom stereocenters. The first-order chi connectivity index (χ1) is 14.6. The van der Waals surface area contributed by atoms with Gasteiger partial charge in [0.05, 0.1) is 19.4 Å². The second-order valence-electron chi connectivity index (χ2n) is 8.71. The van der Waals surface area contributed by atoms with Crippen molar-refractivity contribution in [2.75, 3.05) is 13.2 Å². The molecule has 3 heterocycles. The standard InChI is InChI=1S/C22H28N4O4/c27-19(24-16-6-7-16)18-21(28)25(13-14-4-2-1-3-5-14)20-17(12-23-26(20)22(18)29)15-8-10-30-11-9-15/h8,12,14,16,28H,1-7,9-11,13H2,(H,24,27). The summed E-state index contributed by atoms with van der Waals surface area (Å²) in [6.45, 7) is 1.71. The van der Waals surface area contributed by atoms with Gasteiger partial charge in [-0.1, -0.05) is 25.3 Å². The second-order valence-corrected chi connectivity index (χ2v) is 8.71. The van der Waals surface area contributed by atoms with Crippen LogP contribution in [0.3, 0.4) is 0 Å². The summed E-state index contributed by atoms with van der Waals surface area (Å²) in [5.41, 5.74) is 1.68. The van der Waals surface area contributed by atoms with Crippen LogP contribution in [-0.4, -0.2) is 44.5 Å². The highest BCUT2D eigenvalue weighted by atomic mass is 16.5. The molecule has 5 rings (SSSR count). The first kappa shape index (κ1) is 19.4. The molecule has 0 unspecified atom stereocenters. The number of carbonyl (C=O) groups excluding carboxylic acids is 1. The van der Waals surface area contributed by atoms with Crippen molar-refractivity contribution >= 4 is 17.1 Å². The zero-order chi connectivity index (χ0) is 20.7. The van der Waals surface area contributed by atoms with Crippen LogP contribution >= 0.6 is 0 Å². The van der Waals surface area contributed by atoms with Gasteiger partial charge in [0.25, 0.3) is 11.5 Å². The Morgan fingerprint density at radius 1 is 1.23 bits per heavy atom. The molecule has 0 aromatic carbocycles. The molecular formula is C22H28N4O4. The lowest BCUT2D eigenvalue weighted by Crippen LogP contribution is -2.35. The lowest BCUT2D eigenvalue weighted by Gasteiger charge is -2.25. The van der Waals surface area contributed by atoms with Crippen molar-refractivity contribution in [1.29, 1.82) is 0 Å². The summed E-state index contributed by atoms with van der Waals surface area (Å²) in [5, 5.41) is 18.3. The van der Waals surface area contributed by atoms with Crippen molar-refractivity contribution in [3.63, 3.8) is 0 Å². The van der Waals surface area contributed by atoms with E-state index in [4.69, 9.17) is 4.74 Å². The largest absolute Gasteiger partial charge is 0.494 e. The minimum absolute atomic E-state index is 0.0966. The molecule has 2 aromatic rings. The number of ether oxygens (including phenoxy) is 1. The summed E-state index contributed by atoms with van der Waals surface area (Å²) in [6, 6.07) is 0.0966. The second kappa shape index (κ2) is 7.91. The fraction of sp³-hybridized carbons (Fsp3) is 0.591. The fourth-order valence-corrected chi connectivity index (χ4v) is 4.67. The van der Waals surface area contributed by atoms with Crippen molar-refractivity contribution in [3.8, 4) is 5.88 Å². The maximum atomic E-state index is 13.2. The van der Waals surface area contributed by atoms with Crippen molar-refractivity contribution < 1.29 is 14.6 Å². The number of carbonyl (C=O) groups is 1. The third-order valence-electron chi connectivity index (χ3n) is 6.50. The number of hydrogen-bond donors (Lipinski definition) is 2. The van der Waals surface area contributed by atoms with E-state index in [0.29, 0.717) is 31.3 Å². The van der Waals surface area contributed by atoms with Gasteiger partial charge in [-0.05, 0) is 43.6 Å². The van der Waals surface area contributed by atoms with E-state index in [-0.39, 0.29) is 17.5 Å². The number of nitrogens with zero attached hydrogens (tertiary/aromatic N) is 3. The summed E-state index contributed by atoms with van der Waals surface area (Å²) in [4.78, 5) is 25.9. The molecule has 2 aliphatic carbocycles. The predicted molar refractivity (Wildman–Crippen MR) is 112 cm³/mol. The number of fused-ring (bicyclic) bond motifs is 1. The molecule has 0 saturated heterocycles. The molecular weight excluding hydrogens is 384 g/mol. The Bertz CT molecular complexity index is 1060. The van der Waals surface area contributed by atoms with Gasteiger partial charge in [-0.25, -0.2) is 0 Å². The van der Waals surface area contributed by atoms with E-state index in [0.717, 1.165) is 43.2 Å². The molecule has 1 amide bonds. The molecule has 2 fully saturated rings. The number of nitrogens with one attached hydrogen (secondary N) is 1. The van der Waals surface area contributed by atoms with Crippen LogP contribution in [0.1, 0.15) is 67.3 Å². The number of aromatic nitrogens is 3. The van der Waals surface area contributed by atoms with Gasteiger partial charge in [-0.3, -0.25) is 14.2 Å². The monoisotopic (exact) mass is 412 g/mol. The molecule has 3 aliphatic rings. The molecule has 2 N–H and O–H groups in total. The van der Waals surface area contributed by atoms with Crippen LogP contribution < -0.4 is 10.9 Å². The van der Waals surface area contributed by atoms with Crippen molar-refractivity contribution in [1.82, 2.24) is 19.5 Å². The highest BCUT2D eigenvalue weighted by Crippen LogP contribution is 2.32. The maximum Gasteiger partial charge on any atom is 0.291 e. The van der Waals surface area contributed by atoms with E-state index >= 15 is 0 Å². The summed E-state index contributed by atoms with van der Waals surface area (Å²) in [7, 11) is 0. The minimum Gasteiger partial charge on any atom is -0.494 e. The molecule has 0 spiro atoms. The fourth-order valence-electron chi connectivity index (χ4n) is 4.67.